The molecule has 0 spiro atoms. The summed E-state index contributed by atoms with van der Waals surface area (Å²) in [6, 6.07) is 13.8. The van der Waals surface area contributed by atoms with Gasteiger partial charge in [-0.15, -0.1) is 0 Å². The van der Waals surface area contributed by atoms with E-state index < -0.39 is 0 Å². The number of carbonyl (C=O) groups is 3. The fraction of sp³-hybridized carbons (Fsp3) is 0.250. The molecular formula is C20H23N3O4. The predicted molar refractivity (Wildman–Crippen MR) is 103 cm³/mol. The second-order valence-corrected chi connectivity index (χ2v) is 5.81. The maximum Gasteiger partial charge on any atom is 0.257 e. The number of anilines is 1. The summed E-state index contributed by atoms with van der Waals surface area (Å²) in [5.41, 5.74) is 1.95. The summed E-state index contributed by atoms with van der Waals surface area (Å²) in [5, 5.41) is 7.92. The highest BCUT2D eigenvalue weighted by molar-refractivity contribution is 6.00. The third kappa shape index (κ3) is 6.47. The topological polar surface area (TPSA) is 96.5 Å². The Morgan fingerprint density at radius 3 is 2.30 bits per heavy atom. The number of benzene rings is 2. The molecule has 0 fully saturated rings. The van der Waals surface area contributed by atoms with Crippen molar-refractivity contribution in [2.75, 3.05) is 25.0 Å². The molecule has 0 unspecified atom stereocenters. The molecule has 3 amide bonds. The summed E-state index contributed by atoms with van der Waals surface area (Å²) >= 11 is 0. The number of aryl methyl sites for hydroxylation is 1. The molecule has 0 saturated heterocycles. The Bertz CT molecular complexity index is 803. The molecule has 0 radical (unpaired) electrons. The highest BCUT2D eigenvalue weighted by atomic mass is 16.5. The van der Waals surface area contributed by atoms with Crippen molar-refractivity contribution >= 4 is 23.4 Å². The van der Waals surface area contributed by atoms with Crippen LogP contribution in [-0.2, 0) is 9.59 Å². The van der Waals surface area contributed by atoms with Gasteiger partial charge in [0.25, 0.3) is 11.8 Å². The monoisotopic (exact) mass is 369 g/mol. The molecule has 0 aliphatic carbocycles. The van der Waals surface area contributed by atoms with E-state index in [2.05, 4.69) is 16.0 Å². The van der Waals surface area contributed by atoms with Gasteiger partial charge in [0.1, 0.15) is 5.75 Å². The summed E-state index contributed by atoms with van der Waals surface area (Å²) in [5.74, 6) is -0.309. The highest BCUT2D eigenvalue weighted by Gasteiger charge is 2.10. The second kappa shape index (κ2) is 9.96. The Morgan fingerprint density at radius 2 is 1.63 bits per heavy atom. The van der Waals surface area contributed by atoms with Crippen LogP contribution >= 0.6 is 0 Å². The van der Waals surface area contributed by atoms with E-state index >= 15 is 0 Å². The van der Waals surface area contributed by atoms with Crippen LogP contribution in [0.25, 0.3) is 0 Å². The van der Waals surface area contributed by atoms with Gasteiger partial charge in [0.2, 0.25) is 5.91 Å². The van der Waals surface area contributed by atoms with Crippen molar-refractivity contribution in [1.82, 2.24) is 10.6 Å². The van der Waals surface area contributed by atoms with Gasteiger partial charge < -0.3 is 20.7 Å². The van der Waals surface area contributed by atoms with Gasteiger partial charge in [-0.1, -0.05) is 18.2 Å². The van der Waals surface area contributed by atoms with Crippen molar-refractivity contribution in [3.63, 3.8) is 0 Å². The molecule has 2 aromatic carbocycles. The molecule has 2 rings (SSSR count). The Kier molecular flexibility index (Phi) is 7.37. The minimum Gasteiger partial charge on any atom is -0.484 e. The van der Waals surface area contributed by atoms with Gasteiger partial charge in [-0.05, 0) is 49.7 Å². The summed E-state index contributed by atoms with van der Waals surface area (Å²) in [6.07, 6.45) is 0. The van der Waals surface area contributed by atoms with Crippen LogP contribution in [0.3, 0.4) is 0 Å². The van der Waals surface area contributed by atoms with Crippen molar-refractivity contribution < 1.29 is 19.1 Å². The van der Waals surface area contributed by atoms with Crippen LogP contribution in [0.5, 0.6) is 5.75 Å². The Morgan fingerprint density at radius 1 is 0.926 bits per heavy atom. The van der Waals surface area contributed by atoms with E-state index in [-0.39, 0.29) is 30.9 Å². The Balaban J connectivity index is 1.79. The number of hydrogen-bond donors (Lipinski definition) is 3. The van der Waals surface area contributed by atoms with E-state index in [1.54, 1.807) is 36.4 Å². The zero-order chi connectivity index (χ0) is 19.6. The molecule has 27 heavy (non-hydrogen) atoms. The molecule has 3 N–H and O–H groups in total. The average molecular weight is 369 g/mol. The van der Waals surface area contributed by atoms with E-state index in [9.17, 15) is 14.4 Å². The lowest BCUT2D eigenvalue weighted by Crippen LogP contribution is -2.33. The zero-order valence-electron chi connectivity index (χ0n) is 15.4. The van der Waals surface area contributed by atoms with Crippen LogP contribution in [0.1, 0.15) is 22.8 Å². The lowest BCUT2D eigenvalue weighted by Gasteiger charge is -2.10. The maximum absolute atomic E-state index is 12.1. The summed E-state index contributed by atoms with van der Waals surface area (Å²) in [6.45, 7) is 4.02. The van der Waals surface area contributed by atoms with Gasteiger partial charge in [0.05, 0.1) is 6.54 Å². The van der Waals surface area contributed by atoms with Crippen LogP contribution in [0.2, 0.25) is 0 Å². The van der Waals surface area contributed by atoms with Gasteiger partial charge in [0.15, 0.2) is 6.61 Å². The van der Waals surface area contributed by atoms with E-state index in [0.717, 1.165) is 5.56 Å². The molecule has 0 aliphatic rings. The third-order valence-electron chi connectivity index (χ3n) is 3.68. The van der Waals surface area contributed by atoms with E-state index in [1.807, 2.05) is 26.0 Å². The van der Waals surface area contributed by atoms with E-state index in [0.29, 0.717) is 23.5 Å². The van der Waals surface area contributed by atoms with Crippen LogP contribution in [0.15, 0.2) is 48.5 Å². The van der Waals surface area contributed by atoms with Gasteiger partial charge in [-0.3, -0.25) is 14.4 Å². The molecule has 0 aliphatic heterocycles. The number of likely N-dealkylation sites (N-methyl/N-ethyl adjacent to an activating group) is 1. The van der Waals surface area contributed by atoms with Crippen LogP contribution in [-0.4, -0.2) is 37.4 Å². The number of hydrogen-bond acceptors (Lipinski definition) is 4. The Hall–Kier alpha value is -3.35. The molecule has 0 heterocycles. The van der Waals surface area contributed by atoms with Crippen LogP contribution in [0, 0.1) is 6.92 Å². The average Bonchev–Trinajstić information content (AvgIpc) is 2.66. The van der Waals surface area contributed by atoms with E-state index in [4.69, 9.17) is 4.74 Å². The van der Waals surface area contributed by atoms with E-state index in [1.165, 1.54) is 0 Å². The van der Waals surface area contributed by atoms with Gasteiger partial charge in [-0.25, -0.2) is 0 Å². The number of amides is 3. The van der Waals surface area contributed by atoms with Crippen LogP contribution < -0.4 is 20.7 Å². The first-order valence-electron chi connectivity index (χ1n) is 8.63. The second-order valence-electron chi connectivity index (χ2n) is 5.81. The molecule has 142 valence electrons. The van der Waals surface area contributed by atoms with Crippen molar-refractivity contribution in [1.29, 1.82) is 0 Å². The smallest absolute Gasteiger partial charge is 0.257 e. The molecule has 7 nitrogen and oxygen atoms in total. The lowest BCUT2D eigenvalue weighted by atomic mass is 10.1. The van der Waals surface area contributed by atoms with Gasteiger partial charge in [0, 0.05) is 17.8 Å². The quantitative estimate of drug-likeness (QED) is 0.662. The third-order valence-corrected chi connectivity index (χ3v) is 3.68. The van der Waals surface area contributed by atoms with Crippen molar-refractivity contribution in [2.45, 2.75) is 13.8 Å². The minimum absolute atomic E-state index is 0.0650. The number of ether oxygens (including phenoxy) is 1. The van der Waals surface area contributed by atoms with Gasteiger partial charge >= 0.3 is 0 Å². The molecule has 7 heteroatoms. The normalized spacial score (nSPS) is 10.0. The number of rotatable bonds is 8. The summed E-state index contributed by atoms with van der Waals surface area (Å²) in [4.78, 5) is 35.4. The molecule has 0 aromatic heterocycles. The largest absolute Gasteiger partial charge is 0.484 e. The van der Waals surface area contributed by atoms with Crippen LogP contribution in [0.4, 0.5) is 5.69 Å². The fourth-order valence-corrected chi connectivity index (χ4v) is 2.32. The molecule has 0 atom stereocenters. The Labute approximate surface area is 158 Å². The first kappa shape index (κ1) is 20.0. The standard InChI is InChI=1S/C20H23N3O4/c1-3-21-19(25)13-27-16-10-8-15(9-11-16)23-18(24)12-22-20(26)17-7-5-4-6-14(17)2/h4-11H,3,12-13H2,1-2H3,(H,21,25)(H,22,26)(H,23,24). The van der Waals surface area contributed by atoms with Crippen molar-refractivity contribution in [2.24, 2.45) is 0 Å². The molecule has 0 bridgehead atoms. The summed E-state index contributed by atoms with van der Waals surface area (Å²) < 4.78 is 5.34. The molecular weight excluding hydrogens is 346 g/mol. The maximum atomic E-state index is 12.1. The number of nitrogens with one attached hydrogen (secondary N) is 3. The first-order valence-corrected chi connectivity index (χ1v) is 8.63. The first-order chi connectivity index (χ1) is 13.0. The number of carbonyl (C=O) groups excluding carboxylic acids is 3. The highest BCUT2D eigenvalue weighted by Crippen LogP contribution is 2.15. The summed E-state index contributed by atoms with van der Waals surface area (Å²) in [7, 11) is 0. The lowest BCUT2D eigenvalue weighted by molar-refractivity contribution is -0.123. The minimum atomic E-state index is -0.340. The predicted octanol–water partition coefficient (Wildman–Crippen LogP) is 1.88. The zero-order valence-corrected chi connectivity index (χ0v) is 15.4. The fourth-order valence-electron chi connectivity index (χ4n) is 2.32. The van der Waals surface area contributed by atoms with Gasteiger partial charge in [-0.2, -0.15) is 0 Å². The van der Waals surface area contributed by atoms with Crippen molar-refractivity contribution in [3.05, 3.63) is 59.7 Å². The molecule has 0 saturated carbocycles. The molecule has 2 aromatic rings. The SMILES string of the molecule is CCNC(=O)COc1ccc(NC(=O)CNC(=O)c2ccccc2C)cc1. The van der Waals surface area contributed by atoms with Crippen molar-refractivity contribution in [3.8, 4) is 5.75 Å².